The van der Waals surface area contributed by atoms with Crippen molar-refractivity contribution in [3.63, 3.8) is 0 Å². The summed E-state index contributed by atoms with van der Waals surface area (Å²) in [7, 11) is 1.68. The lowest BCUT2D eigenvalue weighted by molar-refractivity contribution is 0.0123. The number of nitrogens with zero attached hydrogens (tertiary/aromatic N) is 1. The SMILES string of the molecule is CN(C(=O)OC(C)(C)C)C1(CO)CC1. The number of aliphatic hydroxyl groups is 1. The zero-order chi connectivity index (χ0) is 11.0. The third kappa shape index (κ3) is 2.38. The Morgan fingerprint density at radius 2 is 2.00 bits per heavy atom. The molecule has 0 atom stereocenters. The number of hydrogen-bond acceptors (Lipinski definition) is 3. The van der Waals surface area contributed by atoms with Crippen molar-refractivity contribution >= 4 is 6.09 Å². The van der Waals surface area contributed by atoms with E-state index in [-0.39, 0.29) is 18.2 Å². The van der Waals surface area contributed by atoms with Crippen molar-refractivity contribution in [1.29, 1.82) is 0 Å². The highest BCUT2D eigenvalue weighted by Crippen LogP contribution is 2.40. The summed E-state index contributed by atoms with van der Waals surface area (Å²) in [6.45, 7) is 5.51. The quantitative estimate of drug-likeness (QED) is 0.734. The molecule has 1 amide bonds. The Morgan fingerprint density at radius 3 is 2.29 bits per heavy atom. The second-order valence-corrected chi connectivity index (χ2v) is 4.92. The molecule has 1 aliphatic rings. The van der Waals surface area contributed by atoms with Crippen LogP contribution in [0.4, 0.5) is 4.79 Å². The van der Waals surface area contributed by atoms with Crippen LogP contribution >= 0.6 is 0 Å². The third-order valence-electron chi connectivity index (χ3n) is 2.50. The number of hydrogen-bond donors (Lipinski definition) is 1. The lowest BCUT2D eigenvalue weighted by atomic mass is 10.2. The minimum atomic E-state index is -0.475. The summed E-state index contributed by atoms with van der Waals surface area (Å²) in [4.78, 5) is 13.1. The molecule has 0 radical (unpaired) electrons. The van der Waals surface area contributed by atoms with Crippen molar-refractivity contribution in [1.82, 2.24) is 4.90 Å². The fourth-order valence-corrected chi connectivity index (χ4v) is 1.27. The Hall–Kier alpha value is -0.770. The Bertz CT molecular complexity index is 228. The fourth-order valence-electron chi connectivity index (χ4n) is 1.27. The molecule has 0 heterocycles. The number of likely N-dealkylation sites (N-methyl/N-ethyl adjacent to an activating group) is 1. The highest BCUT2D eigenvalue weighted by Gasteiger charge is 2.49. The molecule has 0 saturated heterocycles. The molecular formula is C10H19NO3. The first-order valence-electron chi connectivity index (χ1n) is 4.88. The first-order valence-corrected chi connectivity index (χ1v) is 4.88. The molecule has 14 heavy (non-hydrogen) atoms. The van der Waals surface area contributed by atoms with Gasteiger partial charge in [-0.15, -0.1) is 0 Å². The second kappa shape index (κ2) is 3.42. The minimum absolute atomic E-state index is 0.0166. The van der Waals surface area contributed by atoms with E-state index < -0.39 is 5.60 Å². The van der Waals surface area contributed by atoms with Gasteiger partial charge in [-0.25, -0.2) is 4.79 Å². The van der Waals surface area contributed by atoms with Gasteiger partial charge in [0.25, 0.3) is 0 Å². The van der Waals surface area contributed by atoms with Crippen LogP contribution in [-0.2, 0) is 4.74 Å². The van der Waals surface area contributed by atoms with E-state index in [0.717, 1.165) is 12.8 Å². The standard InChI is InChI=1S/C10H19NO3/c1-9(2,3)14-8(13)11(4)10(7-12)5-6-10/h12H,5-7H2,1-4H3. The van der Waals surface area contributed by atoms with Gasteiger partial charge >= 0.3 is 6.09 Å². The zero-order valence-electron chi connectivity index (χ0n) is 9.33. The van der Waals surface area contributed by atoms with E-state index in [4.69, 9.17) is 9.84 Å². The number of ether oxygens (including phenoxy) is 1. The molecule has 1 rings (SSSR count). The van der Waals surface area contributed by atoms with Crippen LogP contribution in [0.1, 0.15) is 33.6 Å². The van der Waals surface area contributed by atoms with Crippen molar-refractivity contribution in [2.45, 2.75) is 44.8 Å². The Labute approximate surface area is 84.8 Å². The molecule has 0 aromatic heterocycles. The molecule has 0 aromatic carbocycles. The Morgan fingerprint density at radius 1 is 1.50 bits per heavy atom. The van der Waals surface area contributed by atoms with Crippen LogP contribution < -0.4 is 0 Å². The largest absolute Gasteiger partial charge is 0.444 e. The van der Waals surface area contributed by atoms with E-state index in [0.29, 0.717) is 0 Å². The summed E-state index contributed by atoms with van der Waals surface area (Å²) < 4.78 is 5.20. The topological polar surface area (TPSA) is 49.8 Å². The number of carbonyl (C=O) groups excluding carboxylic acids is 1. The molecule has 4 nitrogen and oxygen atoms in total. The number of carbonyl (C=O) groups is 1. The van der Waals surface area contributed by atoms with E-state index in [2.05, 4.69) is 0 Å². The average molecular weight is 201 g/mol. The number of rotatable bonds is 2. The lowest BCUT2D eigenvalue weighted by Crippen LogP contribution is -2.44. The van der Waals surface area contributed by atoms with Gasteiger partial charge in [-0.2, -0.15) is 0 Å². The summed E-state index contributed by atoms with van der Waals surface area (Å²) in [6.07, 6.45) is 1.36. The number of amides is 1. The molecule has 1 saturated carbocycles. The Kier molecular flexibility index (Phi) is 2.76. The molecule has 1 aliphatic carbocycles. The van der Waals surface area contributed by atoms with Crippen molar-refractivity contribution < 1.29 is 14.6 Å². The predicted molar refractivity (Wildman–Crippen MR) is 53.0 cm³/mol. The van der Waals surface area contributed by atoms with Crippen LogP contribution in [-0.4, -0.2) is 40.9 Å². The van der Waals surface area contributed by atoms with Crippen LogP contribution in [0, 0.1) is 0 Å². The van der Waals surface area contributed by atoms with Crippen LogP contribution in [0.3, 0.4) is 0 Å². The first kappa shape index (κ1) is 11.3. The minimum Gasteiger partial charge on any atom is -0.444 e. The molecule has 0 bridgehead atoms. The molecule has 0 unspecified atom stereocenters. The molecule has 1 N–H and O–H groups in total. The van der Waals surface area contributed by atoms with Gasteiger partial charge in [0.05, 0.1) is 12.1 Å². The van der Waals surface area contributed by atoms with E-state index in [9.17, 15) is 4.79 Å². The highest BCUT2D eigenvalue weighted by molar-refractivity contribution is 5.69. The van der Waals surface area contributed by atoms with Gasteiger partial charge in [-0.1, -0.05) is 0 Å². The van der Waals surface area contributed by atoms with Gasteiger partial charge in [0.1, 0.15) is 5.60 Å². The van der Waals surface area contributed by atoms with Crippen molar-refractivity contribution in [3.05, 3.63) is 0 Å². The maximum absolute atomic E-state index is 11.6. The van der Waals surface area contributed by atoms with E-state index in [1.807, 2.05) is 20.8 Å². The summed E-state index contributed by atoms with van der Waals surface area (Å²) in [5.74, 6) is 0. The van der Waals surface area contributed by atoms with Gasteiger partial charge in [0.15, 0.2) is 0 Å². The van der Waals surface area contributed by atoms with E-state index >= 15 is 0 Å². The lowest BCUT2D eigenvalue weighted by Gasteiger charge is -2.29. The fraction of sp³-hybridized carbons (Fsp3) is 0.900. The molecular weight excluding hydrogens is 182 g/mol. The second-order valence-electron chi connectivity index (χ2n) is 4.92. The van der Waals surface area contributed by atoms with Gasteiger partial charge in [0, 0.05) is 7.05 Å². The van der Waals surface area contributed by atoms with Crippen molar-refractivity contribution in [3.8, 4) is 0 Å². The number of aliphatic hydroxyl groups excluding tert-OH is 1. The molecule has 0 spiro atoms. The average Bonchev–Trinajstić information content (AvgIpc) is 2.80. The molecule has 82 valence electrons. The summed E-state index contributed by atoms with van der Waals surface area (Å²) in [6, 6.07) is 0. The monoisotopic (exact) mass is 201 g/mol. The zero-order valence-corrected chi connectivity index (χ0v) is 9.33. The molecule has 1 fully saturated rings. The normalized spacial score (nSPS) is 18.9. The predicted octanol–water partition coefficient (Wildman–Crippen LogP) is 1.38. The summed E-state index contributed by atoms with van der Waals surface area (Å²) in [5, 5.41) is 9.12. The third-order valence-corrected chi connectivity index (χ3v) is 2.50. The molecule has 0 aliphatic heterocycles. The van der Waals surface area contributed by atoms with Crippen LogP contribution in [0.25, 0.3) is 0 Å². The highest BCUT2D eigenvalue weighted by atomic mass is 16.6. The van der Waals surface area contributed by atoms with Gasteiger partial charge in [-0.3, -0.25) is 0 Å². The van der Waals surface area contributed by atoms with Crippen molar-refractivity contribution in [2.75, 3.05) is 13.7 Å². The van der Waals surface area contributed by atoms with E-state index in [1.54, 1.807) is 7.05 Å². The van der Waals surface area contributed by atoms with Gasteiger partial charge in [-0.05, 0) is 33.6 Å². The molecule has 4 heteroatoms. The van der Waals surface area contributed by atoms with Crippen molar-refractivity contribution in [2.24, 2.45) is 0 Å². The summed E-state index contributed by atoms with van der Waals surface area (Å²) >= 11 is 0. The smallest absolute Gasteiger partial charge is 0.410 e. The maximum Gasteiger partial charge on any atom is 0.410 e. The maximum atomic E-state index is 11.6. The van der Waals surface area contributed by atoms with E-state index in [1.165, 1.54) is 4.90 Å². The van der Waals surface area contributed by atoms with Crippen LogP contribution in [0.2, 0.25) is 0 Å². The Balaban J connectivity index is 2.53. The first-order chi connectivity index (χ1) is 6.31. The molecule has 0 aromatic rings. The summed E-state index contributed by atoms with van der Waals surface area (Å²) in [5.41, 5.74) is -0.820. The van der Waals surface area contributed by atoms with Gasteiger partial charge < -0.3 is 14.7 Å². The van der Waals surface area contributed by atoms with Crippen LogP contribution in [0.15, 0.2) is 0 Å². The van der Waals surface area contributed by atoms with Gasteiger partial charge in [0.2, 0.25) is 0 Å². The van der Waals surface area contributed by atoms with Crippen LogP contribution in [0.5, 0.6) is 0 Å².